The van der Waals surface area contributed by atoms with Gasteiger partial charge in [0.1, 0.15) is 23.2 Å². The zero-order valence-corrected chi connectivity index (χ0v) is 30.6. The van der Waals surface area contributed by atoms with Gasteiger partial charge in [-0.1, -0.05) is 45.9 Å². The van der Waals surface area contributed by atoms with Crippen LogP contribution in [0.5, 0.6) is 0 Å². The van der Waals surface area contributed by atoms with Crippen LogP contribution in [0.2, 0.25) is 0 Å². The number of hydrogen-bond donors (Lipinski definition) is 6. The molecule has 1 fully saturated rings. The molecule has 1 amide bonds. The summed E-state index contributed by atoms with van der Waals surface area (Å²) in [4.78, 5) is 47.3. The van der Waals surface area contributed by atoms with Crippen molar-refractivity contribution in [3.63, 3.8) is 0 Å². The number of imidazole rings is 2. The molecule has 0 saturated carbocycles. The van der Waals surface area contributed by atoms with Crippen molar-refractivity contribution in [2.45, 2.75) is 83.8 Å². The van der Waals surface area contributed by atoms with Crippen LogP contribution in [0.1, 0.15) is 83.4 Å². The minimum absolute atomic E-state index is 0.0505. The lowest BCUT2D eigenvalue weighted by atomic mass is 9.89. The van der Waals surface area contributed by atoms with Crippen LogP contribution in [-0.4, -0.2) is 78.2 Å². The number of aromatic amines is 2. The van der Waals surface area contributed by atoms with Crippen LogP contribution in [0, 0.1) is 11.8 Å². The van der Waals surface area contributed by atoms with Crippen LogP contribution in [0.15, 0.2) is 48.8 Å². The topological polar surface area (TPSA) is 183 Å². The first-order valence-corrected chi connectivity index (χ1v) is 18.5. The molecule has 5 heterocycles. The minimum Gasteiger partial charge on any atom is -0.340 e. The van der Waals surface area contributed by atoms with Gasteiger partial charge < -0.3 is 30.6 Å². The molecule has 0 radical (unpaired) electrons. The fraction of sp³-hybridized carbons (Fsp3) is 0.462. The van der Waals surface area contributed by atoms with Crippen molar-refractivity contribution in [1.29, 1.82) is 0 Å². The lowest BCUT2D eigenvalue weighted by Crippen LogP contribution is -2.48. The molecular formula is C39H50N10O3. The monoisotopic (exact) mass is 706 g/mol. The van der Waals surface area contributed by atoms with E-state index in [4.69, 9.17) is 30.5 Å². The number of nitrogens with one attached hydrogen (secondary N) is 4. The summed E-state index contributed by atoms with van der Waals surface area (Å²) in [6.45, 7) is 9.48. The molecule has 1 aliphatic rings. The van der Waals surface area contributed by atoms with Gasteiger partial charge in [-0.05, 0) is 74.2 Å². The van der Waals surface area contributed by atoms with Gasteiger partial charge in [-0.25, -0.2) is 9.97 Å². The minimum atomic E-state index is -0.663. The van der Waals surface area contributed by atoms with Gasteiger partial charge in [-0.15, -0.1) is 0 Å². The number of pyridine rings is 2. The van der Waals surface area contributed by atoms with Gasteiger partial charge in [-0.3, -0.25) is 14.8 Å². The highest BCUT2D eigenvalue weighted by Crippen LogP contribution is 2.36. The lowest BCUT2D eigenvalue weighted by Gasteiger charge is -2.28. The number of rotatable bonds is 14. The predicted molar refractivity (Wildman–Crippen MR) is 203 cm³/mol. The van der Waals surface area contributed by atoms with Crippen LogP contribution in [0.3, 0.4) is 0 Å². The van der Waals surface area contributed by atoms with Gasteiger partial charge in [0.15, 0.2) is 0 Å². The maximum absolute atomic E-state index is 13.3. The largest absolute Gasteiger partial charge is 0.340 e. The summed E-state index contributed by atoms with van der Waals surface area (Å²) in [5.74, 6) is 2.12. The summed E-state index contributed by atoms with van der Waals surface area (Å²) in [5, 5.41) is 11.6. The Hall–Kier alpha value is -4.53. The smallest absolute Gasteiger partial charge is 0.242 e. The van der Waals surface area contributed by atoms with Crippen molar-refractivity contribution in [3.05, 3.63) is 60.4 Å². The molecule has 4 aromatic heterocycles. The molecule has 0 aliphatic carbocycles. The highest BCUT2D eigenvalue weighted by Gasteiger charge is 2.36. The third-order valence-electron chi connectivity index (χ3n) is 10.7. The van der Waals surface area contributed by atoms with E-state index in [0.717, 1.165) is 98.8 Å². The van der Waals surface area contributed by atoms with Crippen molar-refractivity contribution < 1.29 is 14.8 Å². The summed E-state index contributed by atoms with van der Waals surface area (Å²) >= 11 is 0. The highest BCUT2D eigenvalue weighted by atomic mass is 16.6. The van der Waals surface area contributed by atoms with Gasteiger partial charge in [-0.2, -0.15) is 11.0 Å². The Morgan fingerprint density at radius 3 is 2.60 bits per heavy atom. The van der Waals surface area contributed by atoms with Crippen molar-refractivity contribution >= 4 is 49.8 Å². The second kappa shape index (κ2) is 15.2. The van der Waals surface area contributed by atoms with Crippen LogP contribution >= 0.6 is 0 Å². The standard InChI is InChI=1S/C39H50N10O3/c1-21(2)29(48-52-5)18-25(8-6-14-40)37-43-28-13-11-24-16-26(19-42-34(24)36(28)46-37)23-10-12-27-30(17-23)41-20-31-35(27)45-38(44-31)32-9-7-15-49(32)39(50)33(47-51)22(3)4/h10-13,16-17,19-22,25,29,32-33,47-48,51H,6-9,14-15,18,40H2,1-5H3,(H,43,46)(H,44,45)/t25-,29-,32+,33+/m1/s1. The number of nitrogens with two attached hydrogens (primary N) is 1. The average Bonchev–Trinajstić information content (AvgIpc) is 3.91. The average molecular weight is 707 g/mol. The van der Waals surface area contributed by atoms with Gasteiger partial charge in [0.25, 0.3) is 0 Å². The van der Waals surface area contributed by atoms with Crippen LogP contribution in [0.25, 0.3) is 55.0 Å². The quantitative estimate of drug-likeness (QED) is 0.0708. The summed E-state index contributed by atoms with van der Waals surface area (Å²) < 4.78 is 0. The molecule has 1 saturated heterocycles. The Labute approximate surface area is 303 Å². The van der Waals surface area contributed by atoms with Crippen molar-refractivity contribution in [1.82, 2.24) is 45.8 Å². The Balaban J connectivity index is 1.17. The zero-order valence-electron chi connectivity index (χ0n) is 30.6. The first-order chi connectivity index (χ1) is 25.2. The fourth-order valence-corrected chi connectivity index (χ4v) is 7.69. The number of aromatic nitrogens is 6. The Bertz CT molecular complexity index is 2190. The molecule has 13 nitrogen and oxygen atoms in total. The number of carbonyl (C=O) groups excluding carboxylic acids is 1. The lowest BCUT2D eigenvalue weighted by molar-refractivity contribution is -0.138. The molecule has 0 bridgehead atoms. The van der Waals surface area contributed by atoms with E-state index in [1.54, 1.807) is 13.3 Å². The normalized spacial score (nSPS) is 17.0. The van der Waals surface area contributed by atoms with E-state index in [-0.39, 0.29) is 29.8 Å². The zero-order chi connectivity index (χ0) is 36.5. The molecule has 0 spiro atoms. The number of carbonyl (C=O) groups is 1. The van der Waals surface area contributed by atoms with Gasteiger partial charge in [0, 0.05) is 41.0 Å². The van der Waals surface area contributed by atoms with E-state index in [9.17, 15) is 10.0 Å². The highest BCUT2D eigenvalue weighted by molar-refractivity contribution is 6.05. The van der Waals surface area contributed by atoms with Crippen LogP contribution < -0.4 is 16.7 Å². The van der Waals surface area contributed by atoms with Crippen LogP contribution in [-0.2, 0) is 9.63 Å². The summed E-state index contributed by atoms with van der Waals surface area (Å²) in [6, 6.07) is 11.9. The Morgan fingerprint density at radius 1 is 1.00 bits per heavy atom. The molecule has 6 aromatic rings. The first-order valence-electron chi connectivity index (χ1n) is 18.5. The molecule has 274 valence electrons. The van der Waals surface area contributed by atoms with E-state index in [2.05, 4.69) is 71.2 Å². The third-order valence-corrected chi connectivity index (χ3v) is 10.7. The van der Waals surface area contributed by atoms with Gasteiger partial charge in [0.2, 0.25) is 5.91 Å². The fourth-order valence-electron chi connectivity index (χ4n) is 7.69. The molecule has 52 heavy (non-hydrogen) atoms. The SMILES string of the molecule is CON[C@H](C[C@@H](CCCN)c1nc2ccc3cc(-c4ccc5c(c4)ncc4nc([C@@H]6CCCN6C(=O)[C@@H](NO)C(C)C)[nH]c45)cnc3c2[nH]1)C(C)C. The number of likely N-dealkylation sites (tertiary alicyclic amines) is 1. The molecule has 4 atom stereocenters. The van der Waals surface area contributed by atoms with Crippen LogP contribution in [0.4, 0.5) is 0 Å². The molecule has 2 aromatic carbocycles. The van der Waals surface area contributed by atoms with E-state index in [1.807, 2.05) is 24.9 Å². The number of benzene rings is 2. The number of hydrogen-bond acceptors (Lipinski definition) is 10. The van der Waals surface area contributed by atoms with Crippen molar-refractivity contribution in [2.24, 2.45) is 17.6 Å². The first kappa shape index (κ1) is 35.9. The van der Waals surface area contributed by atoms with Crippen molar-refractivity contribution in [2.75, 3.05) is 20.2 Å². The van der Waals surface area contributed by atoms with Gasteiger partial charge >= 0.3 is 0 Å². The summed E-state index contributed by atoms with van der Waals surface area (Å²) in [7, 11) is 1.66. The third kappa shape index (κ3) is 6.86. The molecule has 13 heteroatoms. The molecule has 7 N–H and O–H groups in total. The van der Waals surface area contributed by atoms with E-state index in [0.29, 0.717) is 19.0 Å². The number of nitrogens with zero attached hydrogens (tertiary/aromatic N) is 5. The number of fused-ring (bicyclic) bond motifs is 6. The molecule has 1 aliphatic heterocycles. The predicted octanol–water partition coefficient (Wildman–Crippen LogP) is 6.26. The maximum Gasteiger partial charge on any atom is 0.242 e. The second-order valence-electron chi connectivity index (χ2n) is 14.8. The van der Waals surface area contributed by atoms with Crippen molar-refractivity contribution in [3.8, 4) is 11.1 Å². The maximum atomic E-state index is 13.3. The Kier molecular flexibility index (Phi) is 10.5. The Morgan fingerprint density at radius 2 is 1.85 bits per heavy atom. The summed E-state index contributed by atoms with van der Waals surface area (Å²) in [5.41, 5.74) is 18.5. The number of amides is 1. The number of hydroxylamine groups is 2. The number of H-pyrrole nitrogens is 2. The summed E-state index contributed by atoms with van der Waals surface area (Å²) in [6.07, 6.45) is 8.10. The molecule has 0 unspecified atom stereocenters. The molecule has 7 rings (SSSR count). The molecular weight excluding hydrogens is 656 g/mol. The van der Waals surface area contributed by atoms with E-state index < -0.39 is 6.04 Å². The second-order valence-corrected chi connectivity index (χ2v) is 14.8. The van der Waals surface area contributed by atoms with E-state index in [1.165, 1.54) is 0 Å². The van der Waals surface area contributed by atoms with Gasteiger partial charge in [0.05, 0.1) is 46.9 Å². The van der Waals surface area contributed by atoms with E-state index >= 15 is 0 Å².